The van der Waals surface area contributed by atoms with E-state index in [1.807, 2.05) is 0 Å². The molecule has 11 N–H and O–H groups in total. The van der Waals surface area contributed by atoms with Crippen LogP contribution in [0.2, 0.25) is 0 Å². The van der Waals surface area contributed by atoms with Crippen LogP contribution in [-0.2, 0) is 43.2 Å². The number of primary amides is 1. The summed E-state index contributed by atoms with van der Waals surface area (Å²) in [6, 6.07) is -8.84. The summed E-state index contributed by atoms with van der Waals surface area (Å²) in [6.45, 7) is 3.42. The number of carbonyl (C=O) groups is 9. The molecule has 0 aliphatic carbocycles. The summed E-state index contributed by atoms with van der Waals surface area (Å²) in [5.41, 5.74) is 10.9. The van der Waals surface area contributed by atoms with Crippen LogP contribution in [-0.4, -0.2) is 146 Å². The maximum atomic E-state index is 13.7. The van der Waals surface area contributed by atoms with Crippen LogP contribution in [0.5, 0.6) is 0 Å². The van der Waals surface area contributed by atoms with Crippen molar-refractivity contribution in [3.8, 4) is 0 Å². The number of aliphatic hydroxyl groups is 1. The molecule has 2 aliphatic rings. The number of nitrogens with one attached hydrogen (secondary N) is 4. The Kier molecular flexibility index (Phi) is 17.9. The minimum atomic E-state index is -1.56. The quantitative estimate of drug-likeness (QED) is 0.0506. The van der Waals surface area contributed by atoms with E-state index in [4.69, 9.17) is 11.5 Å². The Hall–Kier alpha value is -4.50. The van der Waals surface area contributed by atoms with Gasteiger partial charge in [0, 0.05) is 31.7 Å². The van der Waals surface area contributed by atoms with Gasteiger partial charge in [0.2, 0.25) is 41.4 Å². The molecule has 7 amide bonds. The molecule has 0 aromatic carbocycles. The van der Waals surface area contributed by atoms with E-state index in [2.05, 4.69) is 33.9 Å². The van der Waals surface area contributed by atoms with Crippen molar-refractivity contribution in [2.45, 2.75) is 114 Å². The highest BCUT2D eigenvalue weighted by molar-refractivity contribution is 7.80. The molecule has 2 saturated heterocycles. The van der Waals surface area contributed by atoms with Gasteiger partial charge in [0.15, 0.2) is 0 Å². The molecule has 2 aliphatic heterocycles. The molecule has 0 saturated carbocycles. The molecule has 21 heteroatoms. The maximum absolute atomic E-state index is 13.7. The van der Waals surface area contributed by atoms with Gasteiger partial charge in [0.1, 0.15) is 42.3 Å². The van der Waals surface area contributed by atoms with Gasteiger partial charge in [-0.05, 0) is 50.9 Å². The number of aliphatic carboxylic acids is 2. The first kappa shape index (κ1) is 44.7. The van der Waals surface area contributed by atoms with Crippen molar-refractivity contribution in [2.75, 3.05) is 25.4 Å². The highest BCUT2D eigenvalue weighted by Crippen LogP contribution is 2.26. The van der Waals surface area contributed by atoms with Gasteiger partial charge in [0.25, 0.3) is 0 Å². The number of hydrogen-bond donors (Lipinski definition) is 10. The Balaban J connectivity index is 2.26. The Morgan fingerprint density at radius 2 is 1.26 bits per heavy atom. The van der Waals surface area contributed by atoms with Crippen LogP contribution in [0.15, 0.2) is 0 Å². The number of carboxylic acid groups (broad SMARTS) is 2. The largest absolute Gasteiger partial charge is 0.481 e. The Labute approximate surface area is 311 Å². The van der Waals surface area contributed by atoms with Crippen molar-refractivity contribution in [1.82, 2.24) is 31.1 Å². The SMILES string of the molecule is CC(C)CC(NC(=O)C1CCCN1C(=O)C1CCCN1C(=O)C(N)CO)C(=O)NC(CCC(=O)O)C(=O)NC(CCC(N)=O)C(=O)NC(CS)C(=O)O. The van der Waals surface area contributed by atoms with Crippen LogP contribution in [0.4, 0.5) is 0 Å². The first-order chi connectivity index (χ1) is 24.9. The van der Waals surface area contributed by atoms with Crippen molar-refractivity contribution < 1.29 is 58.5 Å². The number of nitrogens with zero attached hydrogens (tertiary/aromatic N) is 2. The lowest BCUT2D eigenvalue weighted by atomic mass is 10.0. The molecule has 0 aromatic heterocycles. The van der Waals surface area contributed by atoms with Gasteiger partial charge in [-0.1, -0.05) is 13.8 Å². The molecule has 53 heavy (non-hydrogen) atoms. The fourth-order valence-electron chi connectivity index (χ4n) is 6.14. The summed E-state index contributed by atoms with van der Waals surface area (Å²) in [6.07, 6.45) is -0.133. The average Bonchev–Trinajstić information content (AvgIpc) is 3.79. The average molecular weight is 773 g/mol. The first-order valence-corrected chi connectivity index (χ1v) is 18.1. The molecule has 2 rings (SSSR count). The van der Waals surface area contributed by atoms with E-state index in [1.165, 1.54) is 9.80 Å². The zero-order chi connectivity index (χ0) is 40.0. The molecule has 2 heterocycles. The number of carboxylic acids is 2. The zero-order valence-corrected chi connectivity index (χ0v) is 30.7. The van der Waals surface area contributed by atoms with Crippen LogP contribution in [0.3, 0.4) is 0 Å². The van der Waals surface area contributed by atoms with Gasteiger partial charge < -0.3 is 57.9 Å². The van der Waals surface area contributed by atoms with E-state index < -0.39 is 121 Å². The number of aliphatic hydroxyl groups excluding tert-OH is 1. The molecule has 7 atom stereocenters. The smallest absolute Gasteiger partial charge is 0.327 e. The van der Waals surface area contributed by atoms with E-state index in [0.29, 0.717) is 19.3 Å². The first-order valence-electron chi connectivity index (χ1n) is 17.4. The lowest BCUT2D eigenvalue weighted by Crippen LogP contribution is -2.59. The third-order valence-corrected chi connectivity index (χ3v) is 9.27. The second-order valence-electron chi connectivity index (χ2n) is 13.5. The fraction of sp³-hybridized carbons (Fsp3) is 0.719. The molecule has 7 unspecified atom stereocenters. The van der Waals surface area contributed by atoms with Gasteiger partial charge in [-0.25, -0.2) is 4.79 Å². The van der Waals surface area contributed by atoms with Crippen LogP contribution in [0.1, 0.15) is 71.6 Å². The number of rotatable bonds is 21. The molecular weight excluding hydrogens is 720 g/mol. The summed E-state index contributed by atoms with van der Waals surface area (Å²) in [5, 5.41) is 37.6. The summed E-state index contributed by atoms with van der Waals surface area (Å²) >= 11 is 3.88. The number of likely N-dealkylation sites (tertiary alicyclic amines) is 2. The van der Waals surface area contributed by atoms with E-state index in [0.717, 1.165) is 0 Å². The van der Waals surface area contributed by atoms with E-state index in [-0.39, 0.29) is 44.0 Å². The van der Waals surface area contributed by atoms with Crippen molar-refractivity contribution in [2.24, 2.45) is 17.4 Å². The number of nitrogens with two attached hydrogens (primary N) is 2. The molecule has 0 bridgehead atoms. The predicted molar refractivity (Wildman–Crippen MR) is 188 cm³/mol. The molecule has 0 spiro atoms. The van der Waals surface area contributed by atoms with Gasteiger partial charge in [-0.3, -0.25) is 38.4 Å². The molecule has 0 aromatic rings. The fourth-order valence-corrected chi connectivity index (χ4v) is 6.39. The third kappa shape index (κ3) is 13.5. The third-order valence-electron chi connectivity index (χ3n) is 8.90. The van der Waals surface area contributed by atoms with Gasteiger partial charge in [0.05, 0.1) is 6.61 Å². The van der Waals surface area contributed by atoms with Crippen LogP contribution in [0, 0.1) is 5.92 Å². The highest BCUT2D eigenvalue weighted by Gasteiger charge is 2.43. The topological polar surface area (TPSA) is 321 Å². The van der Waals surface area contributed by atoms with Crippen molar-refractivity contribution in [3.05, 3.63) is 0 Å². The van der Waals surface area contributed by atoms with Gasteiger partial charge >= 0.3 is 11.9 Å². The Morgan fingerprint density at radius 3 is 1.75 bits per heavy atom. The molecule has 20 nitrogen and oxygen atoms in total. The molecule has 0 radical (unpaired) electrons. The van der Waals surface area contributed by atoms with Crippen molar-refractivity contribution >= 4 is 65.9 Å². The Morgan fingerprint density at radius 1 is 0.755 bits per heavy atom. The lowest BCUT2D eigenvalue weighted by molar-refractivity contribution is -0.147. The van der Waals surface area contributed by atoms with Gasteiger partial charge in [-0.2, -0.15) is 12.6 Å². The maximum Gasteiger partial charge on any atom is 0.327 e. The number of amides is 7. The number of thiol groups is 1. The summed E-state index contributed by atoms with van der Waals surface area (Å²) in [4.78, 5) is 117. The number of hydrogen-bond acceptors (Lipinski definition) is 12. The van der Waals surface area contributed by atoms with Gasteiger partial charge in [-0.15, -0.1) is 0 Å². The second kappa shape index (κ2) is 21.3. The summed E-state index contributed by atoms with van der Waals surface area (Å²) in [5.74, 6) is -8.62. The van der Waals surface area contributed by atoms with E-state index >= 15 is 0 Å². The highest BCUT2D eigenvalue weighted by atomic mass is 32.1. The molecule has 2 fully saturated rings. The summed E-state index contributed by atoms with van der Waals surface area (Å²) < 4.78 is 0. The van der Waals surface area contributed by atoms with E-state index in [9.17, 15) is 58.5 Å². The zero-order valence-electron chi connectivity index (χ0n) is 29.8. The molecule has 298 valence electrons. The minimum absolute atomic E-state index is 0.0689. The Bertz CT molecular complexity index is 1380. The second-order valence-corrected chi connectivity index (χ2v) is 13.9. The van der Waals surface area contributed by atoms with Crippen LogP contribution < -0.4 is 32.7 Å². The van der Waals surface area contributed by atoms with E-state index in [1.54, 1.807) is 13.8 Å². The van der Waals surface area contributed by atoms with Crippen LogP contribution in [0.25, 0.3) is 0 Å². The standard InChI is InChI=1S/C32H52N8O12S/c1-16(2)13-20(37-29(48)22-5-3-11-39(22)31(50)23-6-4-12-40(23)30(49)17(33)14-41)28(47)36-19(8-10-25(43)44)26(45)35-18(7-9-24(34)42)27(46)38-21(15-53)32(51)52/h16-23,41,53H,3-15,33H2,1-2H3,(H2,34,42)(H,35,45)(H,36,47)(H,37,48)(H,38,46)(H,43,44)(H,51,52). The predicted octanol–water partition coefficient (Wildman–Crippen LogP) is -3.58. The summed E-state index contributed by atoms with van der Waals surface area (Å²) in [7, 11) is 0. The molecular formula is C32H52N8O12S. The monoisotopic (exact) mass is 772 g/mol. The minimum Gasteiger partial charge on any atom is -0.481 e. The normalized spacial score (nSPS) is 19.7. The number of carbonyl (C=O) groups excluding carboxylic acids is 7. The lowest BCUT2D eigenvalue weighted by Gasteiger charge is -2.32. The van der Waals surface area contributed by atoms with Crippen molar-refractivity contribution in [1.29, 1.82) is 0 Å². The van der Waals surface area contributed by atoms with Crippen molar-refractivity contribution in [3.63, 3.8) is 0 Å². The van der Waals surface area contributed by atoms with Crippen LogP contribution >= 0.6 is 12.6 Å².